The van der Waals surface area contributed by atoms with E-state index in [9.17, 15) is 8.42 Å². The SMILES string of the molecule is CN=C(NCC(C)CSc1ccccc1OC)NC(C)CCS(C)(=O)=O.I. The van der Waals surface area contributed by atoms with Crippen LogP contribution < -0.4 is 15.4 Å². The third-order valence-corrected chi connectivity index (χ3v) is 6.10. The summed E-state index contributed by atoms with van der Waals surface area (Å²) in [6.07, 6.45) is 1.81. The van der Waals surface area contributed by atoms with Gasteiger partial charge in [-0.1, -0.05) is 19.1 Å². The summed E-state index contributed by atoms with van der Waals surface area (Å²) in [6, 6.07) is 8.04. The molecule has 0 amide bonds. The molecular weight excluding hydrogens is 497 g/mol. The van der Waals surface area contributed by atoms with Crippen molar-refractivity contribution in [3.63, 3.8) is 0 Å². The number of guanidine groups is 1. The van der Waals surface area contributed by atoms with Crippen LogP contribution in [0.5, 0.6) is 5.75 Å². The first-order chi connectivity index (χ1) is 12.2. The standard InChI is InChI=1S/C18H31N3O3S2.HI/c1-14(13-25-17-9-7-6-8-16(17)24-4)12-20-18(19-3)21-15(2)10-11-26(5,22)23;/h6-9,14-15H,10-13H2,1-5H3,(H2,19,20,21);1H. The van der Waals surface area contributed by atoms with Crippen molar-refractivity contribution >= 4 is 51.5 Å². The number of ether oxygens (including phenoxy) is 1. The van der Waals surface area contributed by atoms with Crippen LogP contribution in [0, 0.1) is 5.92 Å². The molecular formula is C18H32IN3O3S2. The van der Waals surface area contributed by atoms with Gasteiger partial charge in [-0.3, -0.25) is 4.99 Å². The zero-order valence-electron chi connectivity index (χ0n) is 16.7. The predicted molar refractivity (Wildman–Crippen MR) is 127 cm³/mol. The van der Waals surface area contributed by atoms with E-state index in [2.05, 4.69) is 28.6 Å². The third kappa shape index (κ3) is 11.7. The van der Waals surface area contributed by atoms with Crippen LogP contribution in [0.15, 0.2) is 34.2 Å². The molecule has 2 atom stereocenters. The molecule has 27 heavy (non-hydrogen) atoms. The Morgan fingerprint density at radius 1 is 1.30 bits per heavy atom. The highest BCUT2D eigenvalue weighted by Crippen LogP contribution is 2.29. The molecule has 2 unspecified atom stereocenters. The highest BCUT2D eigenvalue weighted by molar-refractivity contribution is 14.0. The van der Waals surface area contributed by atoms with E-state index < -0.39 is 9.84 Å². The van der Waals surface area contributed by atoms with Crippen molar-refractivity contribution in [3.05, 3.63) is 24.3 Å². The van der Waals surface area contributed by atoms with Gasteiger partial charge in [0, 0.05) is 36.5 Å². The average Bonchev–Trinajstić information content (AvgIpc) is 2.61. The van der Waals surface area contributed by atoms with Crippen molar-refractivity contribution in [2.75, 3.05) is 38.5 Å². The van der Waals surface area contributed by atoms with Crippen molar-refractivity contribution in [2.24, 2.45) is 10.9 Å². The molecule has 0 aromatic heterocycles. The van der Waals surface area contributed by atoms with Crippen LogP contribution in [0.2, 0.25) is 0 Å². The van der Waals surface area contributed by atoms with Crippen molar-refractivity contribution in [2.45, 2.75) is 31.2 Å². The number of benzene rings is 1. The van der Waals surface area contributed by atoms with Crippen molar-refractivity contribution in [1.82, 2.24) is 10.6 Å². The normalized spacial score (nSPS) is 14.0. The zero-order valence-corrected chi connectivity index (χ0v) is 20.7. The van der Waals surface area contributed by atoms with E-state index in [0.717, 1.165) is 22.9 Å². The Balaban J connectivity index is 0.00000676. The van der Waals surface area contributed by atoms with E-state index in [0.29, 0.717) is 18.3 Å². The summed E-state index contributed by atoms with van der Waals surface area (Å²) in [5.41, 5.74) is 0. The first-order valence-electron chi connectivity index (χ1n) is 8.66. The second-order valence-electron chi connectivity index (χ2n) is 6.48. The number of halogens is 1. The van der Waals surface area contributed by atoms with Gasteiger partial charge in [-0.2, -0.15) is 0 Å². The smallest absolute Gasteiger partial charge is 0.191 e. The third-order valence-electron chi connectivity index (χ3n) is 3.74. The molecule has 1 aromatic carbocycles. The molecule has 156 valence electrons. The summed E-state index contributed by atoms with van der Waals surface area (Å²) in [4.78, 5) is 5.35. The van der Waals surface area contributed by atoms with Crippen molar-refractivity contribution in [3.8, 4) is 5.75 Å². The van der Waals surface area contributed by atoms with Crippen LogP contribution in [-0.2, 0) is 9.84 Å². The molecule has 1 rings (SSSR count). The highest BCUT2D eigenvalue weighted by Gasteiger charge is 2.11. The summed E-state index contributed by atoms with van der Waals surface area (Å²) < 4.78 is 27.9. The van der Waals surface area contributed by atoms with Gasteiger partial charge in [0.05, 0.1) is 12.9 Å². The Bertz CT molecular complexity index is 684. The molecule has 0 aliphatic rings. The maximum atomic E-state index is 11.3. The van der Waals surface area contributed by atoms with Crippen LogP contribution in [0.25, 0.3) is 0 Å². The highest BCUT2D eigenvalue weighted by atomic mass is 127. The molecule has 2 N–H and O–H groups in total. The topological polar surface area (TPSA) is 79.8 Å². The minimum absolute atomic E-state index is 0. The van der Waals surface area contributed by atoms with E-state index in [1.807, 2.05) is 25.1 Å². The summed E-state index contributed by atoms with van der Waals surface area (Å²) in [6.45, 7) is 4.91. The van der Waals surface area contributed by atoms with E-state index in [1.165, 1.54) is 6.26 Å². The van der Waals surface area contributed by atoms with Gasteiger partial charge >= 0.3 is 0 Å². The Labute approximate surface area is 185 Å². The van der Waals surface area contributed by atoms with Gasteiger partial charge in [-0.15, -0.1) is 35.7 Å². The number of thioether (sulfide) groups is 1. The number of para-hydroxylation sites is 1. The summed E-state index contributed by atoms with van der Waals surface area (Å²) in [5.74, 6) is 3.14. The van der Waals surface area contributed by atoms with E-state index in [1.54, 1.807) is 25.9 Å². The minimum Gasteiger partial charge on any atom is -0.496 e. The van der Waals surface area contributed by atoms with Crippen molar-refractivity contribution < 1.29 is 13.2 Å². The molecule has 0 fully saturated rings. The first-order valence-corrected chi connectivity index (χ1v) is 11.7. The molecule has 6 nitrogen and oxygen atoms in total. The van der Waals surface area contributed by atoms with Crippen LogP contribution in [0.3, 0.4) is 0 Å². The number of methoxy groups -OCH3 is 1. The predicted octanol–water partition coefficient (Wildman–Crippen LogP) is 3.03. The van der Waals surface area contributed by atoms with Gasteiger partial charge in [0.15, 0.2) is 5.96 Å². The fraction of sp³-hybridized carbons (Fsp3) is 0.611. The van der Waals surface area contributed by atoms with Crippen molar-refractivity contribution in [1.29, 1.82) is 0 Å². The number of hydrogen-bond donors (Lipinski definition) is 2. The second kappa shape index (κ2) is 13.5. The summed E-state index contributed by atoms with van der Waals surface area (Å²) >= 11 is 1.77. The monoisotopic (exact) mass is 529 g/mol. The molecule has 0 bridgehead atoms. The van der Waals surface area contributed by atoms with Crippen LogP contribution in [0.1, 0.15) is 20.3 Å². The van der Waals surface area contributed by atoms with Crippen LogP contribution >= 0.6 is 35.7 Å². The Morgan fingerprint density at radius 2 is 1.96 bits per heavy atom. The fourth-order valence-electron chi connectivity index (χ4n) is 2.19. The number of sulfone groups is 1. The van der Waals surface area contributed by atoms with Crippen LogP contribution in [-0.4, -0.2) is 58.9 Å². The fourth-order valence-corrected chi connectivity index (χ4v) is 4.02. The first kappa shape index (κ1) is 26.3. The largest absolute Gasteiger partial charge is 0.496 e. The maximum Gasteiger partial charge on any atom is 0.191 e. The molecule has 0 saturated carbocycles. The van der Waals surface area contributed by atoms with Crippen LogP contribution in [0.4, 0.5) is 0 Å². The lowest BCUT2D eigenvalue weighted by atomic mass is 10.2. The molecule has 0 radical (unpaired) electrons. The molecule has 0 aliphatic heterocycles. The lowest BCUT2D eigenvalue weighted by molar-refractivity contribution is 0.405. The Morgan fingerprint density at radius 3 is 2.56 bits per heavy atom. The molecule has 0 spiro atoms. The number of rotatable bonds is 10. The zero-order chi connectivity index (χ0) is 19.6. The van der Waals surface area contributed by atoms with Gasteiger partial charge in [0.2, 0.25) is 0 Å². The van der Waals surface area contributed by atoms with Gasteiger partial charge in [-0.05, 0) is 31.4 Å². The maximum absolute atomic E-state index is 11.3. The Hall–Kier alpha value is -0.680. The number of hydrogen-bond acceptors (Lipinski definition) is 5. The van der Waals surface area contributed by atoms with Gasteiger partial charge in [0.1, 0.15) is 15.6 Å². The van der Waals surface area contributed by atoms with E-state index >= 15 is 0 Å². The Kier molecular flexibility index (Phi) is 13.1. The van der Waals surface area contributed by atoms with Gasteiger partial charge in [0.25, 0.3) is 0 Å². The summed E-state index contributed by atoms with van der Waals surface area (Å²) in [5, 5.41) is 6.54. The van der Waals surface area contributed by atoms with E-state index in [-0.39, 0.29) is 35.8 Å². The van der Waals surface area contributed by atoms with E-state index in [4.69, 9.17) is 4.74 Å². The lowest BCUT2D eigenvalue weighted by Crippen LogP contribution is -2.44. The molecule has 0 saturated heterocycles. The molecule has 0 aliphatic carbocycles. The quantitative estimate of drug-likeness (QED) is 0.210. The molecule has 1 aromatic rings. The number of nitrogens with one attached hydrogen (secondary N) is 2. The number of aliphatic imine (C=N–C) groups is 1. The van der Waals surface area contributed by atoms with Gasteiger partial charge in [-0.25, -0.2) is 8.42 Å². The molecule has 9 heteroatoms. The lowest BCUT2D eigenvalue weighted by Gasteiger charge is -2.19. The molecule has 0 heterocycles. The second-order valence-corrected chi connectivity index (χ2v) is 9.81. The van der Waals surface area contributed by atoms with Gasteiger partial charge < -0.3 is 15.4 Å². The number of nitrogens with zero attached hydrogens (tertiary/aromatic N) is 1. The summed E-state index contributed by atoms with van der Waals surface area (Å²) in [7, 11) is 0.460. The average molecular weight is 530 g/mol. The minimum atomic E-state index is -2.94.